The molecule has 3 N–H and O–H groups in total. The van der Waals surface area contributed by atoms with E-state index in [2.05, 4.69) is 25.2 Å². The first kappa shape index (κ1) is 19.4. The Morgan fingerprint density at radius 1 is 1.46 bits per heavy atom. The summed E-state index contributed by atoms with van der Waals surface area (Å²) < 4.78 is 42.8. The normalized spacial score (nSPS) is 32.5. The zero-order chi connectivity index (χ0) is 19.4. The molecule has 0 aliphatic heterocycles. The third-order valence-corrected chi connectivity index (χ3v) is 6.97. The zero-order valence-corrected chi connectivity index (χ0v) is 17.0. The lowest BCUT2D eigenvalue weighted by atomic mass is 9.45. The van der Waals surface area contributed by atoms with Gasteiger partial charge in [0.05, 0.1) is 10.6 Å². The number of nitrogens with one attached hydrogen (secondary N) is 1. The van der Waals surface area contributed by atoms with Crippen molar-refractivity contribution in [3.8, 4) is 5.75 Å². The van der Waals surface area contributed by atoms with Gasteiger partial charge < -0.3 is 10.5 Å². The summed E-state index contributed by atoms with van der Waals surface area (Å²) in [5.74, 6) is 0.893. The topological polar surface area (TPSA) is 88.5 Å². The minimum Gasteiger partial charge on any atom is -0.488 e. The van der Waals surface area contributed by atoms with E-state index in [4.69, 9.17) is 26.9 Å². The largest absolute Gasteiger partial charge is 0.488 e. The molecule has 144 valence electrons. The highest BCUT2D eigenvalue weighted by atomic mass is 35.5. The van der Waals surface area contributed by atoms with Gasteiger partial charge in [-0.1, -0.05) is 32.4 Å². The van der Waals surface area contributed by atoms with Gasteiger partial charge in [0.2, 0.25) is 0 Å². The maximum Gasteiger partial charge on any atom is 0.146 e. The SMILES string of the molecule is C[C@@H]1[C@@H](Oc2cc(F)c(/C(N)=N/S(C)(=N)=O)cc2Cl)C[C@H]2C[C@@H]1C2(C)C. The quantitative estimate of drug-likeness (QED) is 0.584. The van der Waals surface area contributed by atoms with Crippen LogP contribution in [-0.2, 0) is 9.92 Å². The molecule has 26 heavy (non-hydrogen) atoms. The average Bonchev–Trinajstić information content (AvgIpc) is 2.49. The Hall–Kier alpha value is -1.34. The van der Waals surface area contributed by atoms with Gasteiger partial charge in [0.15, 0.2) is 0 Å². The molecule has 5 atom stereocenters. The number of nitrogens with two attached hydrogens (primary N) is 1. The van der Waals surface area contributed by atoms with Crippen LogP contribution in [0.1, 0.15) is 39.2 Å². The summed E-state index contributed by atoms with van der Waals surface area (Å²) in [7, 11) is -3.23. The van der Waals surface area contributed by atoms with Crippen LogP contribution in [0, 0.1) is 33.8 Å². The fourth-order valence-electron chi connectivity index (χ4n) is 4.47. The van der Waals surface area contributed by atoms with Gasteiger partial charge in [0.1, 0.15) is 33.4 Å². The second-order valence-corrected chi connectivity index (χ2v) is 10.3. The Labute approximate surface area is 159 Å². The monoisotopic (exact) mass is 401 g/mol. The Morgan fingerprint density at radius 2 is 2.12 bits per heavy atom. The van der Waals surface area contributed by atoms with Crippen molar-refractivity contribution in [1.82, 2.24) is 0 Å². The van der Waals surface area contributed by atoms with Crippen LogP contribution in [0.4, 0.5) is 4.39 Å². The predicted molar refractivity (Wildman–Crippen MR) is 102 cm³/mol. The van der Waals surface area contributed by atoms with E-state index >= 15 is 0 Å². The van der Waals surface area contributed by atoms with Gasteiger partial charge in [-0.2, -0.15) is 4.40 Å². The van der Waals surface area contributed by atoms with E-state index in [-0.39, 0.29) is 28.3 Å². The number of fused-ring (bicyclic) bond motifs is 2. The lowest BCUT2D eigenvalue weighted by Crippen LogP contribution is -2.57. The van der Waals surface area contributed by atoms with E-state index < -0.39 is 15.7 Å². The second kappa shape index (κ2) is 6.37. The van der Waals surface area contributed by atoms with Crippen molar-refractivity contribution in [2.75, 3.05) is 6.26 Å². The Balaban J connectivity index is 1.83. The maximum atomic E-state index is 14.5. The molecule has 3 fully saturated rings. The van der Waals surface area contributed by atoms with E-state index in [0.29, 0.717) is 23.2 Å². The van der Waals surface area contributed by atoms with Crippen molar-refractivity contribution in [2.24, 2.45) is 33.3 Å². The number of ether oxygens (including phenoxy) is 1. The van der Waals surface area contributed by atoms with E-state index in [9.17, 15) is 8.60 Å². The van der Waals surface area contributed by atoms with Crippen LogP contribution in [0.15, 0.2) is 16.5 Å². The highest BCUT2D eigenvalue weighted by Gasteiger charge is 2.57. The summed E-state index contributed by atoms with van der Waals surface area (Å²) in [5, 5.41) is 0.220. The van der Waals surface area contributed by atoms with E-state index in [0.717, 1.165) is 12.7 Å². The number of hydrogen-bond acceptors (Lipinski definition) is 3. The van der Waals surface area contributed by atoms with Crippen LogP contribution in [0.3, 0.4) is 0 Å². The molecule has 1 unspecified atom stereocenters. The molecule has 5 nitrogen and oxygen atoms in total. The Kier molecular flexibility index (Phi) is 4.76. The van der Waals surface area contributed by atoms with Gasteiger partial charge in [-0.05, 0) is 42.1 Å². The van der Waals surface area contributed by atoms with Gasteiger partial charge in [0, 0.05) is 12.3 Å². The van der Waals surface area contributed by atoms with Crippen molar-refractivity contribution in [2.45, 2.75) is 39.7 Å². The highest BCUT2D eigenvalue weighted by Crippen LogP contribution is 2.61. The molecule has 4 rings (SSSR count). The first-order chi connectivity index (χ1) is 11.9. The lowest BCUT2D eigenvalue weighted by Gasteiger charge is -2.61. The van der Waals surface area contributed by atoms with Crippen LogP contribution in [0.25, 0.3) is 0 Å². The smallest absolute Gasteiger partial charge is 0.146 e. The first-order valence-corrected chi connectivity index (χ1v) is 11.0. The molecule has 1 aromatic carbocycles. The lowest BCUT2D eigenvalue weighted by molar-refractivity contribution is -0.147. The molecule has 0 radical (unpaired) electrons. The van der Waals surface area contributed by atoms with Crippen LogP contribution < -0.4 is 10.5 Å². The van der Waals surface area contributed by atoms with E-state index in [1.807, 2.05) is 0 Å². The molecule has 1 aromatic rings. The molecule has 0 amide bonds. The minimum absolute atomic E-state index is 0.00292. The molecule has 3 aliphatic rings. The number of amidine groups is 1. The standard InChI is InChI=1S/C18H25ClFN3O2S/c1-9-12-5-10(18(12,2)3)6-15(9)25-16-8-14(20)11(7-13(16)19)17(21)23-26(4,22)24/h7-10,12,15H,5-6H2,1-4H3,(H3,21,22,23,24)/t9-,10+,12-,15-,26?/m0/s1. The molecular formula is C18H25ClFN3O2S. The predicted octanol–water partition coefficient (Wildman–Crippen LogP) is 4.23. The Morgan fingerprint density at radius 3 is 2.65 bits per heavy atom. The van der Waals surface area contributed by atoms with E-state index in [1.54, 1.807) is 0 Å². The molecule has 0 saturated heterocycles. The minimum atomic E-state index is -3.23. The highest BCUT2D eigenvalue weighted by molar-refractivity contribution is 7.90. The van der Waals surface area contributed by atoms with Gasteiger partial charge in [-0.3, -0.25) is 0 Å². The maximum absolute atomic E-state index is 14.5. The van der Waals surface area contributed by atoms with Crippen LogP contribution in [0.5, 0.6) is 5.75 Å². The van der Waals surface area contributed by atoms with Crippen molar-refractivity contribution in [3.05, 3.63) is 28.5 Å². The molecule has 3 saturated carbocycles. The molecule has 8 heteroatoms. The summed E-state index contributed by atoms with van der Waals surface area (Å²) in [5.41, 5.74) is 5.93. The molecular weight excluding hydrogens is 377 g/mol. The third kappa shape index (κ3) is 3.43. The molecule has 0 aromatic heterocycles. The van der Waals surface area contributed by atoms with E-state index in [1.165, 1.54) is 18.6 Å². The summed E-state index contributed by atoms with van der Waals surface area (Å²) in [6.45, 7) is 6.79. The molecule has 2 bridgehead atoms. The Bertz CT molecular complexity index is 869. The van der Waals surface area contributed by atoms with Gasteiger partial charge in [0.25, 0.3) is 0 Å². The number of rotatable bonds is 4. The second-order valence-electron chi connectivity index (χ2n) is 8.15. The van der Waals surface area contributed by atoms with Crippen LogP contribution in [-0.4, -0.2) is 22.4 Å². The number of benzene rings is 1. The molecule has 3 aliphatic carbocycles. The van der Waals surface area contributed by atoms with Crippen molar-refractivity contribution < 1.29 is 13.3 Å². The first-order valence-electron chi connectivity index (χ1n) is 8.65. The average molecular weight is 402 g/mol. The fourth-order valence-corrected chi connectivity index (χ4v) is 5.16. The van der Waals surface area contributed by atoms with Crippen molar-refractivity contribution in [3.63, 3.8) is 0 Å². The third-order valence-electron chi connectivity index (χ3n) is 6.13. The number of hydrogen-bond donors (Lipinski definition) is 2. The summed E-state index contributed by atoms with van der Waals surface area (Å²) >= 11 is 6.27. The van der Waals surface area contributed by atoms with Crippen LogP contribution >= 0.6 is 11.6 Å². The zero-order valence-electron chi connectivity index (χ0n) is 15.4. The summed E-state index contributed by atoms with van der Waals surface area (Å²) in [6, 6.07) is 2.51. The summed E-state index contributed by atoms with van der Waals surface area (Å²) in [4.78, 5) is 0. The van der Waals surface area contributed by atoms with Gasteiger partial charge >= 0.3 is 0 Å². The summed E-state index contributed by atoms with van der Waals surface area (Å²) in [6.07, 6.45) is 3.27. The number of halogens is 2. The molecule has 0 heterocycles. The van der Waals surface area contributed by atoms with Crippen molar-refractivity contribution in [1.29, 1.82) is 4.78 Å². The fraction of sp³-hybridized carbons (Fsp3) is 0.611. The van der Waals surface area contributed by atoms with Gasteiger partial charge in [-0.25, -0.2) is 13.4 Å². The van der Waals surface area contributed by atoms with Crippen LogP contribution in [0.2, 0.25) is 5.02 Å². The van der Waals surface area contributed by atoms with Gasteiger partial charge in [-0.15, -0.1) is 0 Å². The molecule has 0 spiro atoms. The van der Waals surface area contributed by atoms with Crippen molar-refractivity contribution >= 4 is 27.4 Å². The number of nitrogens with zero attached hydrogens (tertiary/aromatic N) is 1.